The molecule has 0 saturated carbocycles. The third kappa shape index (κ3) is 1.83. The van der Waals surface area contributed by atoms with Gasteiger partial charge in [-0.1, -0.05) is 0 Å². The Morgan fingerprint density at radius 3 is 2.63 bits per heavy atom. The van der Waals surface area contributed by atoms with Crippen LogP contribution in [0.15, 0.2) is 36.7 Å². The van der Waals surface area contributed by atoms with Crippen molar-refractivity contribution in [2.75, 3.05) is 0 Å². The number of hydrogen-bond acceptors (Lipinski definition) is 4. The molecule has 0 aliphatic rings. The molecule has 3 rings (SSSR count). The summed E-state index contributed by atoms with van der Waals surface area (Å²) >= 11 is 0. The van der Waals surface area contributed by atoms with E-state index in [4.69, 9.17) is 11.1 Å². The molecule has 0 unspecified atom stereocenters. The second-order valence-electron chi connectivity index (χ2n) is 4.18. The Bertz CT molecular complexity index is 759. The Kier molecular flexibility index (Phi) is 2.49. The molecule has 0 aliphatic heterocycles. The number of nitrogen functional groups attached to an aromatic ring is 1. The van der Waals surface area contributed by atoms with Crippen molar-refractivity contribution in [2.45, 2.75) is 6.92 Å². The summed E-state index contributed by atoms with van der Waals surface area (Å²) in [7, 11) is 0. The average Bonchev–Trinajstić information content (AvgIpc) is 2.79. The standard InChI is InChI=1S/C13H12N6/c1-8-17-13-10(12(14)15)2-3-11(19(13)18-8)9-4-6-16-7-5-9/h2-7H,1H3,(H3,14,15). The highest BCUT2D eigenvalue weighted by atomic mass is 15.3. The topological polar surface area (TPSA) is 93.0 Å². The molecule has 6 nitrogen and oxygen atoms in total. The highest BCUT2D eigenvalue weighted by Crippen LogP contribution is 2.21. The zero-order chi connectivity index (χ0) is 13.4. The second kappa shape index (κ2) is 4.16. The van der Waals surface area contributed by atoms with Gasteiger partial charge in [0, 0.05) is 18.0 Å². The summed E-state index contributed by atoms with van der Waals surface area (Å²) in [5, 5.41) is 12.0. The lowest BCUT2D eigenvalue weighted by molar-refractivity contribution is 0.936. The number of aromatic nitrogens is 4. The number of pyridine rings is 2. The summed E-state index contributed by atoms with van der Waals surface area (Å²) in [6.45, 7) is 1.81. The quantitative estimate of drug-likeness (QED) is 0.532. The van der Waals surface area contributed by atoms with Crippen molar-refractivity contribution in [2.24, 2.45) is 5.73 Å². The summed E-state index contributed by atoms with van der Waals surface area (Å²) in [5.41, 5.74) is 8.63. The van der Waals surface area contributed by atoms with E-state index in [0.29, 0.717) is 17.0 Å². The smallest absolute Gasteiger partial charge is 0.167 e. The van der Waals surface area contributed by atoms with Crippen LogP contribution in [0.4, 0.5) is 0 Å². The SMILES string of the molecule is Cc1nc2c(C(=N)N)ccc(-c3ccncc3)n2n1. The predicted octanol–water partition coefficient (Wildman–Crippen LogP) is 1.38. The first-order valence-electron chi connectivity index (χ1n) is 5.78. The molecule has 0 amide bonds. The lowest BCUT2D eigenvalue weighted by Crippen LogP contribution is -2.13. The number of nitrogens with zero attached hydrogens (tertiary/aromatic N) is 4. The third-order valence-corrected chi connectivity index (χ3v) is 2.86. The van der Waals surface area contributed by atoms with Crippen LogP contribution < -0.4 is 5.73 Å². The number of fused-ring (bicyclic) bond motifs is 1. The van der Waals surface area contributed by atoms with Crippen LogP contribution in [-0.2, 0) is 0 Å². The molecule has 0 atom stereocenters. The molecule has 3 aromatic heterocycles. The van der Waals surface area contributed by atoms with Gasteiger partial charge < -0.3 is 5.73 Å². The number of rotatable bonds is 2. The van der Waals surface area contributed by atoms with Crippen LogP contribution >= 0.6 is 0 Å². The van der Waals surface area contributed by atoms with E-state index in [-0.39, 0.29) is 5.84 Å². The van der Waals surface area contributed by atoms with E-state index >= 15 is 0 Å². The van der Waals surface area contributed by atoms with Gasteiger partial charge >= 0.3 is 0 Å². The lowest BCUT2D eigenvalue weighted by Gasteiger charge is -2.06. The van der Waals surface area contributed by atoms with E-state index < -0.39 is 0 Å². The van der Waals surface area contributed by atoms with Gasteiger partial charge in [-0.25, -0.2) is 9.50 Å². The molecule has 3 N–H and O–H groups in total. The summed E-state index contributed by atoms with van der Waals surface area (Å²) in [4.78, 5) is 8.34. The minimum absolute atomic E-state index is 0.0151. The van der Waals surface area contributed by atoms with Gasteiger partial charge in [-0.3, -0.25) is 10.4 Å². The lowest BCUT2D eigenvalue weighted by atomic mass is 10.1. The van der Waals surface area contributed by atoms with Crippen molar-refractivity contribution < 1.29 is 0 Å². The summed E-state index contributed by atoms with van der Waals surface area (Å²) in [5.74, 6) is 0.627. The number of amidine groups is 1. The first kappa shape index (κ1) is 11.3. The van der Waals surface area contributed by atoms with Gasteiger partial charge in [-0.2, -0.15) is 5.10 Å². The van der Waals surface area contributed by atoms with E-state index in [9.17, 15) is 0 Å². The monoisotopic (exact) mass is 252 g/mol. The molecule has 0 fully saturated rings. The molecule has 6 heteroatoms. The summed E-state index contributed by atoms with van der Waals surface area (Å²) in [6, 6.07) is 7.48. The van der Waals surface area contributed by atoms with Crippen LogP contribution in [0.5, 0.6) is 0 Å². The van der Waals surface area contributed by atoms with Gasteiger partial charge in [0.15, 0.2) is 5.65 Å². The number of nitrogens with two attached hydrogens (primary N) is 1. The van der Waals surface area contributed by atoms with Crippen LogP contribution in [0.3, 0.4) is 0 Å². The summed E-state index contributed by atoms with van der Waals surface area (Å²) < 4.78 is 1.71. The Labute approximate surface area is 109 Å². The molecule has 0 saturated heterocycles. The van der Waals surface area contributed by atoms with Crippen LogP contribution in [0.25, 0.3) is 16.9 Å². The maximum Gasteiger partial charge on any atom is 0.167 e. The van der Waals surface area contributed by atoms with Crippen molar-refractivity contribution in [3.63, 3.8) is 0 Å². The highest BCUT2D eigenvalue weighted by Gasteiger charge is 2.12. The van der Waals surface area contributed by atoms with Gasteiger partial charge in [0.1, 0.15) is 11.7 Å². The molecular formula is C13H12N6. The largest absolute Gasteiger partial charge is 0.384 e. The van der Waals surface area contributed by atoms with Gasteiger partial charge in [0.25, 0.3) is 0 Å². The number of hydrogen-bond donors (Lipinski definition) is 2. The molecule has 0 aromatic carbocycles. The van der Waals surface area contributed by atoms with Gasteiger partial charge in [-0.05, 0) is 31.2 Å². The maximum absolute atomic E-state index is 7.59. The minimum Gasteiger partial charge on any atom is -0.384 e. The Balaban J connectivity index is 2.34. The molecule has 3 heterocycles. The second-order valence-corrected chi connectivity index (χ2v) is 4.18. The van der Waals surface area contributed by atoms with Crippen LogP contribution in [0, 0.1) is 12.3 Å². The van der Waals surface area contributed by atoms with Crippen molar-refractivity contribution in [1.82, 2.24) is 19.6 Å². The van der Waals surface area contributed by atoms with Crippen LogP contribution in [-0.4, -0.2) is 25.4 Å². The van der Waals surface area contributed by atoms with E-state index in [0.717, 1.165) is 11.3 Å². The fraction of sp³-hybridized carbons (Fsp3) is 0.0769. The maximum atomic E-state index is 7.59. The van der Waals surface area contributed by atoms with E-state index in [1.54, 1.807) is 23.0 Å². The van der Waals surface area contributed by atoms with Gasteiger partial charge in [0.05, 0.1) is 11.3 Å². The van der Waals surface area contributed by atoms with Gasteiger partial charge in [0.2, 0.25) is 0 Å². The minimum atomic E-state index is -0.0151. The molecule has 3 aromatic rings. The van der Waals surface area contributed by atoms with Gasteiger partial charge in [-0.15, -0.1) is 0 Å². The third-order valence-electron chi connectivity index (χ3n) is 2.86. The normalized spacial score (nSPS) is 10.8. The molecule has 19 heavy (non-hydrogen) atoms. The fourth-order valence-corrected chi connectivity index (χ4v) is 2.02. The molecule has 0 bridgehead atoms. The Morgan fingerprint density at radius 1 is 1.21 bits per heavy atom. The first-order valence-corrected chi connectivity index (χ1v) is 5.78. The van der Waals surface area contributed by atoms with Crippen LogP contribution in [0.1, 0.15) is 11.4 Å². The average molecular weight is 252 g/mol. The van der Waals surface area contributed by atoms with Crippen molar-refractivity contribution in [1.29, 1.82) is 5.41 Å². The van der Waals surface area contributed by atoms with E-state index in [1.807, 2.05) is 25.1 Å². The molecule has 0 radical (unpaired) electrons. The fourth-order valence-electron chi connectivity index (χ4n) is 2.02. The molecule has 0 aliphatic carbocycles. The molecular weight excluding hydrogens is 240 g/mol. The van der Waals surface area contributed by atoms with E-state index in [1.165, 1.54) is 0 Å². The number of nitrogens with one attached hydrogen (secondary N) is 1. The van der Waals surface area contributed by atoms with Crippen LogP contribution in [0.2, 0.25) is 0 Å². The van der Waals surface area contributed by atoms with Crippen molar-refractivity contribution in [3.05, 3.63) is 48.0 Å². The predicted molar refractivity (Wildman–Crippen MR) is 72.0 cm³/mol. The number of aryl methyl sites for hydroxylation is 1. The Hall–Kier alpha value is -2.76. The zero-order valence-corrected chi connectivity index (χ0v) is 10.3. The first-order chi connectivity index (χ1) is 9.16. The van der Waals surface area contributed by atoms with Crippen molar-refractivity contribution >= 4 is 11.5 Å². The summed E-state index contributed by atoms with van der Waals surface area (Å²) in [6.07, 6.45) is 3.45. The zero-order valence-electron chi connectivity index (χ0n) is 10.3. The highest BCUT2D eigenvalue weighted by molar-refractivity contribution is 6.00. The molecule has 94 valence electrons. The molecule has 0 spiro atoms. The Morgan fingerprint density at radius 2 is 1.95 bits per heavy atom. The van der Waals surface area contributed by atoms with Crippen molar-refractivity contribution in [3.8, 4) is 11.3 Å². The van der Waals surface area contributed by atoms with E-state index in [2.05, 4.69) is 15.1 Å².